The number of hydrogen-bond acceptors (Lipinski definition) is 2. The SMILES string of the molecule is CC(C)[C@@H]1Nc2ccccc2S1. The normalized spacial score (nSPS) is 20.8. The molecule has 2 heteroatoms. The van der Waals surface area contributed by atoms with Gasteiger partial charge in [-0.3, -0.25) is 0 Å². The van der Waals surface area contributed by atoms with Crippen LogP contribution in [0.15, 0.2) is 29.2 Å². The molecule has 0 aromatic heterocycles. The number of hydrogen-bond donors (Lipinski definition) is 1. The molecule has 1 aromatic carbocycles. The Morgan fingerprint density at radius 3 is 2.75 bits per heavy atom. The van der Waals surface area contributed by atoms with E-state index >= 15 is 0 Å². The number of thioether (sulfide) groups is 1. The van der Waals surface area contributed by atoms with E-state index < -0.39 is 0 Å². The second-order valence-corrected chi connectivity index (χ2v) is 4.61. The maximum atomic E-state index is 3.50. The lowest BCUT2D eigenvalue weighted by Crippen LogP contribution is -2.16. The predicted molar refractivity (Wildman–Crippen MR) is 54.5 cm³/mol. The van der Waals surface area contributed by atoms with E-state index in [4.69, 9.17) is 0 Å². The van der Waals surface area contributed by atoms with Crippen molar-refractivity contribution in [1.29, 1.82) is 0 Å². The zero-order valence-electron chi connectivity index (χ0n) is 7.37. The third kappa shape index (κ3) is 1.31. The number of benzene rings is 1. The third-order valence-corrected chi connectivity index (χ3v) is 3.57. The lowest BCUT2D eigenvalue weighted by atomic mass is 10.2. The molecule has 1 atom stereocenters. The number of para-hydroxylation sites is 1. The van der Waals surface area contributed by atoms with E-state index in [0.717, 1.165) is 0 Å². The summed E-state index contributed by atoms with van der Waals surface area (Å²) in [4.78, 5) is 1.39. The molecule has 1 heterocycles. The summed E-state index contributed by atoms with van der Waals surface area (Å²) < 4.78 is 0. The predicted octanol–water partition coefficient (Wildman–Crippen LogP) is 3.19. The van der Waals surface area contributed by atoms with Crippen LogP contribution in [0.4, 0.5) is 5.69 Å². The summed E-state index contributed by atoms with van der Waals surface area (Å²) in [6.07, 6.45) is 0. The molecule has 12 heavy (non-hydrogen) atoms. The quantitative estimate of drug-likeness (QED) is 0.710. The average Bonchev–Trinajstić information content (AvgIpc) is 2.46. The van der Waals surface area contributed by atoms with Crippen molar-refractivity contribution < 1.29 is 0 Å². The van der Waals surface area contributed by atoms with E-state index in [1.54, 1.807) is 0 Å². The van der Waals surface area contributed by atoms with Crippen molar-refractivity contribution in [3.63, 3.8) is 0 Å². The molecule has 2 rings (SSSR count). The molecular weight excluding hydrogens is 166 g/mol. The monoisotopic (exact) mass is 179 g/mol. The Bertz CT molecular complexity index is 258. The standard InChI is InChI=1S/C10H13NS/c1-7(2)10-11-8-5-3-4-6-9(8)12-10/h3-7,10-11H,1-2H3/t10-/m1/s1. The molecule has 0 spiro atoms. The summed E-state index contributed by atoms with van der Waals surface area (Å²) >= 11 is 1.93. The zero-order valence-corrected chi connectivity index (χ0v) is 8.19. The van der Waals surface area contributed by atoms with Crippen molar-refractivity contribution in [3.05, 3.63) is 24.3 Å². The molecule has 0 saturated heterocycles. The molecule has 0 radical (unpaired) electrons. The van der Waals surface area contributed by atoms with E-state index in [9.17, 15) is 0 Å². The van der Waals surface area contributed by atoms with Gasteiger partial charge in [-0.05, 0) is 18.1 Å². The van der Waals surface area contributed by atoms with Crippen LogP contribution in [0.2, 0.25) is 0 Å². The van der Waals surface area contributed by atoms with Crippen LogP contribution in [-0.4, -0.2) is 5.37 Å². The molecule has 0 bridgehead atoms. The van der Waals surface area contributed by atoms with Gasteiger partial charge in [0.1, 0.15) is 0 Å². The molecule has 64 valence electrons. The van der Waals surface area contributed by atoms with Gasteiger partial charge in [0, 0.05) is 10.6 Å². The van der Waals surface area contributed by atoms with Crippen molar-refractivity contribution in [1.82, 2.24) is 0 Å². The van der Waals surface area contributed by atoms with Gasteiger partial charge in [0.15, 0.2) is 0 Å². The molecule has 1 aliphatic heterocycles. The molecule has 1 aromatic rings. The lowest BCUT2D eigenvalue weighted by molar-refractivity contribution is 0.656. The average molecular weight is 179 g/mol. The smallest absolute Gasteiger partial charge is 0.0793 e. The first-order chi connectivity index (χ1) is 5.77. The van der Waals surface area contributed by atoms with Crippen LogP contribution < -0.4 is 5.32 Å². The highest BCUT2D eigenvalue weighted by molar-refractivity contribution is 8.00. The fourth-order valence-electron chi connectivity index (χ4n) is 1.31. The van der Waals surface area contributed by atoms with E-state index in [1.165, 1.54) is 10.6 Å². The van der Waals surface area contributed by atoms with Crippen LogP contribution in [0, 0.1) is 5.92 Å². The second kappa shape index (κ2) is 3.02. The maximum absolute atomic E-state index is 3.50. The van der Waals surface area contributed by atoms with Crippen LogP contribution in [0.1, 0.15) is 13.8 Å². The lowest BCUT2D eigenvalue weighted by Gasteiger charge is -2.13. The first-order valence-corrected chi connectivity index (χ1v) is 5.17. The van der Waals surface area contributed by atoms with E-state index in [1.807, 2.05) is 11.8 Å². The minimum Gasteiger partial charge on any atom is -0.372 e. The fourth-order valence-corrected chi connectivity index (χ4v) is 2.45. The van der Waals surface area contributed by atoms with Crippen LogP contribution >= 0.6 is 11.8 Å². The summed E-state index contributed by atoms with van der Waals surface area (Å²) in [7, 11) is 0. The third-order valence-electron chi connectivity index (χ3n) is 2.04. The van der Waals surface area contributed by atoms with Gasteiger partial charge < -0.3 is 5.32 Å². The Balaban J connectivity index is 2.22. The Labute approximate surface area is 77.6 Å². The van der Waals surface area contributed by atoms with Crippen LogP contribution in [0.5, 0.6) is 0 Å². The van der Waals surface area contributed by atoms with E-state index in [-0.39, 0.29) is 0 Å². The summed E-state index contributed by atoms with van der Waals surface area (Å²) in [6.45, 7) is 4.49. The minimum atomic E-state index is 0.558. The molecular formula is C10H13NS. The van der Waals surface area contributed by atoms with Crippen molar-refractivity contribution >= 4 is 17.4 Å². The Kier molecular flexibility index (Phi) is 2.01. The summed E-state index contributed by atoms with van der Waals surface area (Å²) in [5.41, 5.74) is 1.29. The highest BCUT2D eigenvalue weighted by Gasteiger charge is 2.22. The Hall–Kier alpha value is -0.630. The van der Waals surface area contributed by atoms with Gasteiger partial charge in [-0.1, -0.05) is 37.7 Å². The van der Waals surface area contributed by atoms with Gasteiger partial charge in [0.05, 0.1) is 5.37 Å². The summed E-state index contributed by atoms with van der Waals surface area (Å²) in [6, 6.07) is 8.49. The van der Waals surface area contributed by atoms with Gasteiger partial charge in [-0.25, -0.2) is 0 Å². The van der Waals surface area contributed by atoms with Crippen molar-refractivity contribution in [2.75, 3.05) is 5.32 Å². The van der Waals surface area contributed by atoms with Crippen molar-refractivity contribution in [2.24, 2.45) is 5.92 Å². The topological polar surface area (TPSA) is 12.0 Å². The molecule has 1 N–H and O–H groups in total. The number of rotatable bonds is 1. The first kappa shape index (κ1) is 7.99. The largest absolute Gasteiger partial charge is 0.372 e. The number of anilines is 1. The van der Waals surface area contributed by atoms with E-state index in [2.05, 4.69) is 43.4 Å². The molecule has 0 saturated carbocycles. The van der Waals surface area contributed by atoms with Gasteiger partial charge in [-0.15, -0.1) is 0 Å². The van der Waals surface area contributed by atoms with Gasteiger partial charge in [0.25, 0.3) is 0 Å². The molecule has 0 amide bonds. The van der Waals surface area contributed by atoms with Crippen LogP contribution in [0.25, 0.3) is 0 Å². The first-order valence-electron chi connectivity index (χ1n) is 4.29. The molecule has 0 fully saturated rings. The fraction of sp³-hybridized carbons (Fsp3) is 0.400. The van der Waals surface area contributed by atoms with E-state index in [0.29, 0.717) is 11.3 Å². The minimum absolute atomic E-state index is 0.558. The van der Waals surface area contributed by atoms with Gasteiger partial charge in [0.2, 0.25) is 0 Å². The molecule has 1 aliphatic rings. The van der Waals surface area contributed by atoms with Gasteiger partial charge in [-0.2, -0.15) is 0 Å². The highest BCUT2D eigenvalue weighted by Crippen LogP contribution is 2.40. The number of nitrogens with one attached hydrogen (secondary N) is 1. The summed E-state index contributed by atoms with van der Waals surface area (Å²) in [5.74, 6) is 0.683. The number of fused-ring (bicyclic) bond motifs is 1. The second-order valence-electron chi connectivity index (χ2n) is 3.42. The van der Waals surface area contributed by atoms with Crippen LogP contribution in [-0.2, 0) is 0 Å². The summed E-state index contributed by atoms with van der Waals surface area (Å²) in [5, 5.41) is 4.05. The van der Waals surface area contributed by atoms with Crippen molar-refractivity contribution in [2.45, 2.75) is 24.1 Å². The molecule has 1 nitrogen and oxygen atoms in total. The molecule has 0 unspecified atom stereocenters. The Morgan fingerprint density at radius 2 is 2.08 bits per heavy atom. The Morgan fingerprint density at radius 1 is 1.33 bits per heavy atom. The zero-order chi connectivity index (χ0) is 8.55. The van der Waals surface area contributed by atoms with Gasteiger partial charge >= 0.3 is 0 Å². The van der Waals surface area contributed by atoms with Crippen molar-refractivity contribution in [3.8, 4) is 0 Å². The van der Waals surface area contributed by atoms with Crippen LogP contribution in [0.3, 0.4) is 0 Å². The molecule has 0 aliphatic carbocycles. The highest BCUT2D eigenvalue weighted by atomic mass is 32.2. The maximum Gasteiger partial charge on any atom is 0.0793 e.